The second-order valence-corrected chi connectivity index (χ2v) is 20.0. The Morgan fingerprint density at radius 3 is 1.03 bits per heavy atom. The maximum atomic E-state index is 14.8. The van der Waals surface area contributed by atoms with Crippen LogP contribution in [-0.4, -0.2) is 25.2 Å². The van der Waals surface area contributed by atoms with Gasteiger partial charge in [0.05, 0.1) is 47.1 Å². The van der Waals surface area contributed by atoms with E-state index in [1.165, 1.54) is 202 Å². The molecule has 0 atom stereocenters. The number of hydrogen-bond acceptors (Lipinski definition) is 10. The lowest BCUT2D eigenvalue weighted by Gasteiger charge is -2.09. The molecule has 0 N–H and O–H groups in total. The van der Waals surface area contributed by atoms with Gasteiger partial charge in [-0.2, -0.15) is 20.5 Å². The first-order valence-electron chi connectivity index (χ1n) is 28.8. The van der Waals surface area contributed by atoms with Crippen molar-refractivity contribution in [2.24, 2.45) is 20.5 Å². The molecule has 5 rings (SSSR count). The first-order valence-corrected chi connectivity index (χ1v) is 28.8. The van der Waals surface area contributed by atoms with Gasteiger partial charge in [-0.25, -0.2) is 22.8 Å². The molecule has 0 aromatic heterocycles. The third-order valence-electron chi connectivity index (χ3n) is 13.4. The second kappa shape index (κ2) is 37.4. The number of esters is 2. The number of ether oxygens (including phenoxy) is 4. The predicted molar refractivity (Wildman–Crippen MR) is 302 cm³/mol. The van der Waals surface area contributed by atoms with Gasteiger partial charge in [0.15, 0.2) is 34.7 Å². The van der Waals surface area contributed by atoms with E-state index in [9.17, 15) is 22.8 Å². The van der Waals surface area contributed by atoms with Crippen LogP contribution in [0.15, 0.2) is 124 Å². The molecule has 0 aliphatic heterocycles. The normalized spacial score (nSPS) is 11.4. The fourth-order valence-corrected chi connectivity index (χ4v) is 8.80. The van der Waals surface area contributed by atoms with Gasteiger partial charge in [-0.15, -0.1) is 0 Å². The SMILES string of the molecule is CCCCCCCCCCCCCCCCOc1ccc(N=Nc2ccc(C(=O)Oc3ccc(F)c(OC(=O)c4ccc(N=Nc5ccc(OCCCCCCCCCCCCCCCC)c(F)c5)cc4)c3)cc2)cc1F. The molecule has 0 amide bonds. The van der Waals surface area contributed by atoms with Crippen molar-refractivity contribution in [3.05, 3.63) is 132 Å². The summed E-state index contributed by atoms with van der Waals surface area (Å²) in [6.07, 6.45) is 35.4. The van der Waals surface area contributed by atoms with Gasteiger partial charge in [0.1, 0.15) is 5.75 Å². The van der Waals surface area contributed by atoms with Crippen LogP contribution in [0.2, 0.25) is 0 Å². The molecule has 0 aliphatic rings. The second-order valence-electron chi connectivity index (χ2n) is 20.0. The summed E-state index contributed by atoms with van der Waals surface area (Å²) >= 11 is 0. The Bertz CT molecular complexity index is 2520. The third-order valence-corrected chi connectivity index (χ3v) is 13.4. The molecule has 0 unspecified atom stereocenters. The lowest BCUT2D eigenvalue weighted by Crippen LogP contribution is -2.11. The summed E-state index contributed by atoms with van der Waals surface area (Å²) in [4.78, 5) is 26.0. The van der Waals surface area contributed by atoms with E-state index >= 15 is 0 Å². The van der Waals surface area contributed by atoms with E-state index < -0.39 is 35.1 Å². The number of azo groups is 2. The monoisotopic (exact) mass is 1060 g/mol. The molecule has 0 fully saturated rings. The van der Waals surface area contributed by atoms with Gasteiger partial charge in [0.25, 0.3) is 0 Å². The Kier molecular flexibility index (Phi) is 29.9. The van der Waals surface area contributed by atoms with E-state index in [2.05, 4.69) is 34.3 Å². The van der Waals surface area contributed by atoms with E-state index in [0.29, 0.717) is 30.3 Å². The highest BCUT2D eigenvalue weighted by Gasteiger charge is 2.16. The van der Waals surface area contributed by atoms with Gasteiger partial charge < -0.3 is 18.9 Å². The number of nitrogens with zero attached hydrogens (tertiary/aromatic N) is 4. The van der Waals surface area contributed by atoms with Crippen molar-refractivity contribution in [3.8, 4) is 23.0 Å². The van der Waals surface area contributed by atoms with Gasteiger partial charge in [-0.05, 0) is 97.8 Å². The number of benzene rings is 5. The fourth-order valence-electron chi connectivity index (χ4n) is 8.80. The minimum absolute atomic E-state index is 0.0613. The summed E-state index contributed by atoms with van der Waals surface area (Å²) in [6.45, 7) is 5.40. The summed E-state index contributed by atoms with van der Waals surface area (Å²) in [6, 6.07) is 24.1. The Morgan fingerprint density at radius 2 is 0.662 bits per heavy atom. The van der Waals surface area contributed by atoms with Crippen LogP contribution in [0.4, 0.5) is 35.9 Å². The average Bonchev–Trinajstić information content (AvgIpc) is 3.44. The van der Waals surface area contributed by atoms with Gasteiger partial charge in [-0.3, -0.25) is 0 Å². The molecule has 0 aliphatic carbocycles. The maximum absolute atomic E-state index is 14.8. The van der Waals surface area contributed by atoms with Gasteiger partial charge >= 0.3 is 11.9 Å². The van der Waals surface area contributed by atoms with E-state index in [0.717, 1.165) is 50.7 Å². The van der Waals surface area contributed by atoms with Crippen molar-refractivity contribution in [3.63, 3.8) is 0 Å². The van der Waals surface area contributed by atoms with Crippen molar-refractivity contribution >= 4 is 34.7 Å². The number of rotatable bonds is 40. The van der Waals surface area contributed by atoms with Crippen molar-refractivity contribution in [1.29, 1.82) is 0 Å². The third kappa shape index (κ3) is 25.1. The number of carbonyl (C=O) groups excluding carboxylic acids is 2. The molecule has 0 heterocycles. The summed E-state index contributed by atoms with van der Waals surface area (Å²) < 4.78 is 66.6. The van der Waals surface area contributed by atoms with Crippen molar-refractivity contribution < 1.29 is 41.7 Å². The molecule has 0 radical (unpaired) electrons. The molecule has 77 heavy (non-hydrogen) atoms. The van der Waals surface area contributed by atoms with E-state index in [-0.39, 0.29) is 34.1 Å². The Balaban J connectivity index is 0.961. The zero-order valence-corrected chi connectivity index (χ0v) is 45.9. The van der Waals surface area contributed by atoms with Crippen LogP contribution in [-0.2, 0) is 0 Å². The van der Waals surface area contributed by atoms with E-state index in [4.69, 9.17) is 18.9 Å². The van der Waals surface area contributed by atoms with Crippen molar-refractivity contribution in [1.82, 2.24) is 0 Å². The average molecular weight is 1060 g/mol. The fraction of sp³-hybridized carbons (Fsp3) is 0.500. The molecule has 0 bridgehead atoms. The Labute approximate surface area is 456 Å². The van der Waals surface area contributed by atoms with Crippen molar-refractivity contribution in [2.45, 2.75) is 194 Å². The number of hydrogen-bond donors (Lipinski definition) is 0. The first-order chi connectivity index (χ1) is 37.7. The molecule has 0 spiro atoms. The molecule has 5 aromatic carbocycles. The summed E-state index contributed by atoms with van der Waals surface area (Å²) in [5.74, 6) is -3.69. The Hall–Kier alpha value is -6.37. The lowest BCUT2D eigenvalue weighted by atomic mass is 10.0. The van der Waals surface area contributed by atoms with Crippen LogP contribution >= 0.6 is 0 Å². The molecule has 13 heteroatoms. The molecule has 416 valence electrons. The van der Waals surface area contributed by atoms with Crippen LogP contribution in [0.3, 0.4) is 0 Å². The van der Waals surface area contributed by atoms with Gasteiger partial charge in [0, 0.05) is 18.2 Å². The highest BCUT2D eigenvalue weighted by Crippen LogP contribution is 2.30. The topological polar surface area (TPSA) is 121 Å². The number of halogens is 3. The van der Waals surface area contributed by atoms with Crippen LogP contribution in [0.1, 0.15) is 214 Å². The quantitative estimate of drug-likeness (QED) is 0.0167. The van der Waals surface area contributed by atoms with Crippen molar-refractivity contribution in [2.75, 3.05) is 13.2 Å². The molecule has 10 nitrogen and oxygen atoms in total. The van der Waals surface area contributed by atoms with Gasteiger partial charge in [0.2, 0.25) is 0 Å². The molecule has 0 saturated carbocycles. The smallest absolute Gasteiger partial charge is 0.343 e. The van der Waals surface area contributed by atoms with Crippen LogP contribution in [0.5, 0.6) is 23.0 Å². The van der Waals surface area contributed by atoms with Crippen LogP contribution in [0.25, 0.3) is 0 Å². The van der Waals surface area contributed by atoms with E-state index in [1.54, 1.807) is 30.3 Å². The van der Waals surface area contributed by atoms with Gasteiger partial charge in [-0.1, -0.05) is 181 Å². The minimum atomic E-state index is -0.866. The summed E-state index contributed by atoms with van der Waals surface area (Å²) in [5, 5.41) is 16.5. The van der Waals surface area contributed by atoms with E-state index in [1.807, 2.05) is 0 Å². The Morgan fingerprint density at radius 1 is 0.338 bits per heavy atom. The maximum Gasteiger partial charge on any atom is 0.343 e. The first kappa shape index (κ1) is 61.5. The predicted octanol–water partition coefficient (Wildman–Crippen LogP) is 21.1. The minimum Gasteiger partial charge on any atom is -0.491 e. The zero-order valence-electron chi connectivity index (χ0n) is 45.9. The van der Waals surface area contributed by atoms with Crippen LogP contribution < -0.4 is 18.9 Å². The molecule has 5 aromatic rings. The standard InChI is InChI=1S/C64H83F3N4O6/c1-3-5-7-9-11-13-15-17-19-21-23-25-27-29-45-74-60-43-39-54(47-58(60)66)70-68-52-35-31-50(32-36-52)63(72)76-56-41-42-57(65)62(49-56)77-64(73)51-33-37-53(38-34-51)69-71-55-40-44-61(59(67)48-55)75-46-30-28-26-24-22-20-18-16-14-12-10-8-6-4-2/h31-44,47-49H,3-30,45-46H2,1-2H3. The van der Waals surface area contributed by atoms with Crippen LogP contribution in [0, 0.1) is 17.5 Å². The summed E-state index contributed by atoms with van der Waals surface area (Å²) in [7, 11) is 0. The molecule has 0 saturated heterocycles. The molecular weight excluding hydrogens is 978 g/mol. The summed E-state index contributed by atoms with van der Waals surface area (Å²) in [5.41, 5.74) is 1.63. The molecular formula is C64H83F3N4O6. The zero-order chi connectivity index (χ0) is 54.6. The highest BCUT2D eigenvalue weighted by atomic mass is 19.1. The highest BCUT2D eigenvalue weighted by molar-refractivity contribution is 5.92. The number of unbranched alkanes of at least 4 members (excludes halogenated alkanes) is 26. The lowest BCUT2D eigenvalue weighted by molar-refractivity contribution is 0.0726. The largest absolute Gasteiger partial charge is 0.491 e. The number of carbonyl (C=O) groups is 2.